The van der Waals surface area contributed by atoms with Crippen molar-refractivity contribution in [2.24, 2.45) is 0 Å². The lowest BCUT2D eigenvalue weighted by Crippen LogP contribution is -2.47. The van der Waals surface area contributed by atoms with Gasteiger partial charge in [-0.05, 0) is 72.1 Å². The summed E-state index contributed by atoms with van der Waals surface area (Å²) in [5.41, 5.74) is -0.361. The highest BCUT2D eigenvalue weighted by atomic mass is 32.2. The summed E-state index contributed by atoms with van der Waals surface area (Å²) in [7, 11) is -3.59. The van der Waals surface area contributed by atoms with Crippen LogP contribution in [-0.2, 0) is 20.2 Å². The molecule has 2 saturated carbocycles. The molecule has 2 aromatic heterocycles. The SMILES string of the molecule is CC(C)n1cc(S(=O)(=O)N2CCC(Nc3ncc4c(n3)N(C3CCC[C@@](C)(O)C3)C(=O)C43CC3)CC2)cn1. The minimum atomic E-state index is -3.59. The van der Waals surface area contributed by atoms with Gasteiger partial charge in [0.05, 0.1) is 17.2 Å². The summed E-state index contributed by atoms with van der Waals surface area (Å²) in [6.45, 7) is 6.55. The molecule has 38 heavy (non-hydrogen) atoms. The molecule has 3 fully saturated rings. The second kappa shape index (κ2) is 8.99. The van der Waals surface area contributed by atoms with Crippen molar-refractivity contribution in [3.05, 3.63) is 24.2 Å². The number of nitrogens with one attached hydrogen (secondary N) is 1. The third kappa shape index (κ3) is 4.30. The molecule has 4 heterocycles. The van der Waals surface area contributed by atoms with Gasteiger partial charge in [-0.3, -0.25) is 14.4 Å². The van der Waals surface area contributed by atoms with Gasteiger partial charge >= 0.3 is 0 Å². The van der Waals surface area contributed by atoms with Crippen LogP contribution in [0.5, 0.6) is 0 Å². The van der Waals surface area contributed by atoms with E-state index < -0.39 is 21.0 Å². The molecule has 0 radical (unpaired) electrons. The third-order valence-corrected chi connectivity index (χ3v) is 10.6. The van der Waals surface area contributed by atoms with Gasteiger partial charge in [0.1, 0.15) is 10.7 Å². The van der Waals surface area contributed by atoms with Crippen LogP contribution >= 0.6 is 0 Å². The molecule has 2 aromatic rings. The molecule has 0 bridgehead atoms. The van der Waals surface area contributed by atoms with Crippen LogP contribution in [0.25, 0.3) is 0 Å². The first kappa shape index (κ1) is 25.7. The molecule has 206 valence electrons. The summed E-state index contributed by atoms with van der Waals surface area (Å²) >= 11 is 0. The maximum Gasteiger partial charge on any atom is 0.246 e. The second-order valence-corrected chi connectivity index (χ2v) is 13.9. The maximum absolute atomic E-state index is 13.5. The Kier molecular flexibility index (Phi) is 6.08. The minimum Gasteiger partial charge on any atom is -0.390 e. The number of rotatable bonds is 6. The topological polar surface area (TPSA) is 134 Å². The average molecular weight is 544 g/mol. The van der Waals surface area contributed by atoms with Crippen molar-refractivity contribution in [1.82, 2.24) is 24.1 Å². The molecule has 1 saturated heterocycles. The number of piperidine rings is 1. The molecule has 1 unspecified atom stereocenters. The highest BCUT2D eigenvalue weighted by molar-refractivity contribution is 7.89. The number of nitrogens with zero attached hydrogens (tertiary/aromatic N) is 6. The molecule has 6 rings (SSSR count). The minimum absolute atomic E-state index is 0.0220. The second-order valence-electron chi connectivity index (χ2n) is 12.0. The molecule has 12 heteroatoms. The van der Waals surface area contributed by atoms with Gasteiger partial charge in [0.2, 0.25) is 21.9 Å². The van der Waals surface area contributed by atoms with Gasteiger partial charge in [-0.2, -0.15) is 14.4 Å². The van der Waals surface area contributed by atoms with Crippen LogP contribution in [0.2, 0.25) is 0 Å². The Morgan fingerprint density at radius 2 is 1.87 bits per heavy atom. The number of aromatic nitrogens is 4. The first-order valence-corrected chi connectivity index (χ1v) is 15.2. The van der Waals surface area contributed by atoms with Gasteiger partial charge in [0.25, 0.3) is 0 Å². The predicted molar refractivity (Wildman–Crippen MR) is 141 cm³/mol. The van der Waals surface area contributed by atoms with E-state index in [-0.39, 0.29) is 28.9 Å². The highest BCUT2D eigenvalue weighted by Crippen LogP contribution is 2.58. The number of carbonyl (C=O) groups is 1. The number of anilines is 2. The number of aliphatic hydroxyl groups is 1. The number of sulfonamides is 1. The summed E-state index contributed by atoms with van der Waals surface area (Å²) in [6, 6.07) is 0.0449. The predicted octanol–water partition coefficient (Wildman–Crippen LogP) is 2.59. The fourth-order valence-corrected chi connectivity index (χ4v) is 7.72. The van der Waals surface area contributed by atoms with Crippen molar-refractivity contribution >= 4 is 27.7 Å². The van der Waals surface area contributed by atoms with Crippen LogP contribution in [0.4, 0.5) is 11.8 Å². The molecule has 11 nitrogen and oxygen atoms in total. The number of hydrogen-bond acceptors (Lipinski definition) is 8. The largest absolute Gasteiger partial charge is 0.390 e. The summed E-state index contributed by atoms with van der Waals surface area (Å²) in [6.07, 6.45) is 10.7. The Morgan fingerprint density at radius 3 is 2.50 bits per heavy atom. The molecule has 2 N–H and O–H groups in total. The maximum atomic E-state index is 13.5. The molecule has 1 spiro atoms. The Bertz CT molecular complexity index is 1340. The van der Waals surface area contributed by atoms with Crippen molar-refractivity contribution in [3.8, 4) is 0 Å². The molecular weight excluding hydrogens is 506 g/mol. The fourth-order valence-electron chi connectivity index (χ4n) is 6.31. The molecule has 0 aromatic carbocycles. The van der Waals surface area contributed by atoms with Crippen molar-refractivity contribution in [2.75, 3.05) is 23.3 Å². The zero-order chi connectivity index (χ0) is 26.9. The van der Waals surface area contributed by atoms with Gasteiger partial charge in [-0.25, -0.2) is 13.4 Å². The third-order valence-electron chi connectivity index (χ3n) is 8.72. The van der Waals surface area contributed by atoms with E-state index in [0.717, 1.165) is 37.7 Å². The van der Waals surface area contributed by atoms with Crippen LogP contribution in [0.1, 0.15) is 83.7 Å². The van der Waals surface area contributed by atoms with Gasteiger partial charge in [-0.15, -0.1) is 0 Å². The van der Waals surface area contributed by atoms with Gasteiger partial charge < -0.3 is 10.4 Å². The van der Waals surface area contributed by atoms with E-state index >= 15 is 0 Å². The zero-order valence-electron chi connectivity index (χ0n) is 22.3. The zero-order valence-corrected chi connectivity index (χ0v) is 23.1. The highest BCUT2D eigenvalue weighted by Gasteiger charge is 2.61. The van der Waals surface area contributed by atoms with Crippen LogP contribution in [0.15, 0.2) is 23.5 Å². The first-order valence-electron chi connectivity index (χ1n) is 13.7. The fraction of sp³-hybridized carbons (Fsp3) is 0.692. The van der Waals surface area contributed by atoms with Crippen LogP contribution in [0.3, 0.4) is 0 Å². The monoisotopic (exact) mass is 543 g/mol. The normalized spacial score (nSPS) is 27.8. The van der Waals surface area contributed by atoms with Crippen LogP contribution in [0, 0.1) is 0 Å². The number of hydrogen-bond donors (Lipinski definition) is 2. The van der Waals surface area contributed by atoms with Crippen molar-refractivity contribution in [2.45, 2.75) is 106 Å². The number of fused-ring (bicyclic) bond motifs is 2. The quantitative estimate of drug-likeness (QED) is 0.568. The summed E-state index contributed by atoms with van der Waals surface area (Å²) in [5, 5.41) is 18.3. The Balaban J connectivity index is 1.16. The molecular formula is C26H37N7O4S. The molecule has 1 amide bonds. The van der Waals surface area contributed by atoms with E-state index in [2.05, 4.69) is 15.4 Å². The van der Waals surface area contributed by atoms with Gasteiger partial charge in [0, 0.05) is 49.2 Å². The Hall–Kier alpha value is -2.57. The smallest absolute Gasteiger partial charge is 0.246 e. The number of amides is 1. The molecule has 4 aliphatic rings. The lowest BCUT2D eigenvalue weighted by Gasteiger charge is -2.38. The van der Waals surface area contributed by atoms with E-state index in [4.69, 9.17) is 4.98 Å². The summed E-state index contributed by atoms with van der Waals surface area (Å²) < 4.78 is 29.4. The molecule has 2 atom stereocenters. The van der Waals surface area contributed by atoms with Gasteiger partial charge in [-0.1, -0.05) is 0 Å². The lowest BCUT2D eigenvalue weighted by molar-refractivity contribution is -0.121. The standard InChI is InChI=1S/C26H37N7O4S/c1-17(2)32-16-20(14-28-32)38(36,37)31-11-6-18(7-12-31)29-24-27-15-21-22(30-24)33(23(34)26(21)9-10-26)19-5-4-8-25(3,35)13-19/h14-19,35H,4-13H2,1-3H3,(H,27,29,30)/t19?,25-/m1/s1. The van der Waals surface area contributed by atoms with E-state index in [1.165, 1.54) is 10.5 Å². The van der Waals surface area contributed by atoms with Gasteiger partial charge in [0.15, 0.2) is 0 Å². The van der Waals surface area contributed by atoms with E-state index in [1.807, 2.05) is 25.7 Å². The van der Waals surface area contributed by atoms with E-state index in [9.17, 15) is 18.3 Å². The lowest BCUT2D eigenvalue weighted by atomic mass is 9.82. The Morgan fingerprint density at radius 1 is 1.13 bits per heavy atom. The van der Waals surface area contributed by atoms with Crippen LogP contribution in [-0.4, -0.2) is 74.3 Å². The van der Waals surface area contributed by atoms with Crippen molar-refractivity contribution in [3.63, 3.8) is 0 Å². The summed E-state index contributed by atoms with van der Waals surface area (Å²) in [5.74, 6) is 1.23. The first-order chi connectivity index (χ1) is 18.0. The van der Waals surface area contributed by atoms with Crippen molar-refractivity contribution in [1.29, 1.82) is 0 Å². The van der Waals surface area contributed by atoms with Crippen LogP contribution < -0.4 is 10.2 Å². The van der Waals surface area contributed by atoms with E-state index in [1.54, 1.807) is 17.1 Å². The Labute approximate surface area is 223 Å². The average Bonchev–Trinajstić information content (AvgIpc) is 3.43. The van der Waals surface area contributed by atoms with E-state index in [0.29, 0.717) is 44.1 Å². The van der Waals surface area contributed by atoms with Crippen molar-refractivity contribution < 1.29 is 18.3 Å². The number of carbonyl (C=O) groups excluding carboxylic acids is 1. The molecule has 2 aliphatic heterocycles. The molecule has 2 aliphatic carbocycles. The summed E-state index contributed by atoms with van der Waals surface area (Å²) in [4.78, 5) is 25.0.